The monoisotopic (exact) mass is 1090 g/mol. The van der Waals surface area contributed by atoms with Crippen molar-refractivity contribution in [1.82, 2.24) is 9.31 Å². The second-order valence-electron chi connectivity index (χ2n) is 18.6. The first-order valence-electron chi connectivity index (χ1n) is 26.0. The molecule has 0 spiro atoms. The number of methoxy groups -OCH3 is 2. The molecule has 0 radical (unpaired) electrons. The van der Waals surface area contributed by atoms with Crippen LogP contribution in [0.3, 0.4) is 0 Å². The van der Waals surface area contributed by atoms with E-state index in [0.717, 1.165) is 44.6 Å². The van der Waals surface area contributed by atoms with E-state index in [0.29, 0.717) is 148 Å². The van der Waals surface area contributed by atoms with Crippen LogP contribution in [0.25, 0.3) is 28.7 Å². The van der Waals surface area contributed by atoms with E-state index < -0.39 is 33.3 Å². The third-order valence-electron chi connectivity index (χ3n) is 12.9. The molecule has 3 aromatic rings. The number of hydrogen-bond donors (Lipinski definition) is 3. The van der Waals surface area contributed by atoms with Crippen LogP contribution in [0.1, 0.15) is 56.2 Å². The van der Waals surface area contributed by atoms with Gasteiger partial charge in [-0.05, 0) is 61.2 Å². The number of rotatable bonds is 35. The number of carbonyl (C=O) groups excluding carboxylic acids is 1. The van der Waals surface area contributed by atoms with Gasteiger partial charge >= 0.3 is 5.97 Å². The van der Waals surface area contributed by atoms with Gasteiger partial charge in [-0.15, -0.1) is 4.73 Å². The highest BCUT2D eigenvalue weighted by Crippen LogP contribution is 2.49. The van der Waals surface area contributed by atoms with E-state index in [1.165, 1.54) is 24.3 Å². The van der Waals surface area contributed by atoms with Crippen molar-refractivity contribution in [3.8, 4) is 34.4 Å². The maximum Gasteiger partial charge on any atom is 0.333 e. The number of ether oxygens (including phenoxy) is 8. The quantitative estimate of drug-likeness (QED) is 0.0214. The van der Waals surface area contributed by atoms with Crippen molar-refractivity contribution in [2.75, 3.05) is 131 Å². The standard InChI is InChI=1S/C57H75N3O16S/c1-43-47(15-12-16-52-57(2,3)49-42-46(77(64,65)66)19-21-50(49)59(52)24-11-7-10-17-55(63)76-60-53(61)22-23-54(60)62)48-20-18-45(41-51(48)75-56(43)44-13-8-6-9-14-44)58(25-27-69-33-35-73-39-37-71-31-29-67-4)26-28-70-34-36-74-40-38-72-32-30-68-5/h6,8-9,12-16,18-23,41-42H,7,10-11,17,24-40H2,1-5H3,(H2-,61,62,64,65,66)/p+1. The Kier molecular flexibility index (Phi) is 24.2. The fourth-order valence-electron chi connectivity index (χ4n) is 8.84. The van der Waals surface area contributed by atoms with Gasteiger partial charge in [0.25, 0.3) is 10.1 Å². The molecule has 2 aromatic carbocycles. The number of benzene rings is 3. The maximum absolute atomic E-state index is 12.6. The van der Waals surface area contributed by atoms with Crippen LogP contribution in [0.15, 0.2) is 106 Å². The first-order valence-corrected chi connectivity index (χ1v) is 27.4. The lowest BCUT2D eigenvalue weighted by Crippen LogP contribution is -2.36. The summed E-state index contributed by atoms with van der Waals surface area (Å²) in [4.78, 5) is 19.6. The van der Waals surface area contributed by atoms with Gasteiger partial charge in [0.1, 0.15) is 24.7 Å². The van der Waals surface area contributed by atoms with E-state index in [2.05, 4.69) is 33.8 Å². The summed E-state index contributed by atoms with van der Waals surface area (Å²) < 4.78 is 88.9. The van der Waals surface area contributed by atoms with Crippen LogP contribution in [-0.4, -0.2) is 160 Å². The lowest BCUT2D eigenvalue weighted by molar-refractivity contribution is -0.145. The summed E-state index contributed by atoms with van der Waals surface area (Å²) in [5, 5.41) is 20.7. The molecule has 0 fully saturated rings. The summed E-state index contributed by atoms with van der Waals surface area (Å²) >= 11 is 0. The van der Waals surface area contributed by atoms with E-state index >= 15 is 0 Å². The van der Waals surface area contributed by atoms with Crippen LogP contribution in [0.4, 0.5) is 5.69 Å². The highest BCUT2D eigenvalue weighted by Gasteiger charge is 2.40. The molecule has 0 bridgehead atoms. The molecule has 1 aromatic heterocycles. The van der Waals surface area contributed by atoms with Gasteiger partial charge in [0.15, 0.2) is 13.1 Å². The number of aromatic hydroxyl groups is 2. The molecule has 3 heterocycles. The molecule has 1 aliphatic carbocycles. The maximum atomic E-state index is 12.6. The highest BCUT2D eigenvalue weighted by atomic mass is 32.2. The summed E-state index contributed by atoms with van der Waals surface area (Å²) in [6, 6.07) is 23.2. The second-order valence-corrected chi connectivity index (χ2v) is 20.0. The summed E-state index contributed by atoms with van der Waals surface area (Å²) in [6.45, 7) is 14.4. The molecule has 6 rings (SSSR count). The molecular formula is C57H76N3O16S+. The summed E-state index contributed by atoms with van der Waals surface area (Å²) in [6.07, 6.45) is 7.95. The normalized spacial score (nSPS) is 13.8. The van der Waals surface area contributed by atoms with Crippen molar-refractivity contribution >= 4 is 27.9 Å². The minimum atomic E-state index is -4.48. The van der Waals surface area contributed by atoms with Crippen LogP contribution < -0.4 is 19.7 Å². The number of allylic oxidation sites excluding steroid dienone is 3. The Bertz CT molecular complexity index is 2790. The first-order chi connectivity index (χ1) is 37.2. The fourth-order valence-corrected chi connectivity index (χ4v) is 9.35. The molecule has 0 unspecified atom stereocenters. The average molecular weight is 1090 g/mol. The van der Waals surface area contributed by atoms with Crippen molar-refractivity contribution in [1.29, 1.82) is 0 Å². The van der Waals surface area contributed by atoms with E-state index in [-0.39, 0.29) is 11.3 Å². The molecule has 2 aliphatic heterocycles. The van der Waals surface area contributed by atoms with Gasteiger partial charge < -0.3 is 62.3 Å². The summed E-state index contributed by atoms with van der Waals surface area (Å²) in [7, 11) is -1.21. The van der Waals surface area contributed by atoms with Gasteiger partial charge in [0, 0.05) is 78.9 Å². The van der Waals surface area contributed by atoms with Gasteiger partial charge in [0.2, 0.25) is 17.1 Å². The average Bonchev–Trinajstić information content (AvgIpc) is 3.91. The molecule has 0 saturated heterocycles. The van der Waals surface area contributed by atoms with Crippen LogP contribution in [-0.2, 0) is 58.2 Å². The molecule has 77 heavy (non-hydrogen) atoms. The smallest absolute Gasteiger partial charge is 0.333 e. The minimum Gasteiger partial charge on any atom is -0.492 e. The number of unbranched alkanes of at least 4 members (excludes halogenated alkanes) is 2. The zero-order valence-electron chi connectivity index (χ0n) is 45.0. The third kappa shape index (κ3) is 17.8. The number of carbonyl (C=O) groups is 1. The van der Waals surface area contributed by atoms with Gasteiger partial charge in [-0.2, -0.15) is 8.42 Å². The number of anilines is 1. The molecule has 420 valence electrons. The highest BCUT2D eigenvalue weighted by molar-refractivity contribution is 7.85. The van der Waals surface area contributed by atoms with E-state index in [1.807, 2.05) is 63.3 Å². The van der Waals surface area contributed by atoms with Crippen LogP contribution >= 0.6 is 0 Å². The van der Waals surface area contributed by atoms with E-state index in [9.17, 15) is 28.0 Å². The molecule has 0 amide bonds. The molecule has 20 heteroatoms. The predicted octanol–water partition coefficient (Wildman–Crippen LogP) is 6.89. The third-order valence-corrected chi connectivity index (χ3v) is 13.8. The Balaban J connectivity index is 1.25. The zero-order chi connectivity index (χ0) is 55.0. The predicted molar refractivity (Wildman–Crippen MR) is 291 cm³/mol. The van der Waals surface area contributed by atoms with Gasteiger partial charge in [0.05, 0.1) is 90.2 Å². The summed E-state index contributed by atoms with van der Waals surface area (Å²) in [5.74, 6) is -0.00566. The zero-order valence-corrected chi connectivity index (χ0v) is 45.8. The Hall–Kier alpha value is -5.91. The Morgan fingerprint density at radius 2 is 1.27 bits per heavy atom. The van der Waals surface area contributed by atoms with Crippen molar-refractivity contribution in [3.63, 3.8) is 0 Å². The van der Waals surface area contributed by atoms with Crippen LogP contribution in [0.5, 0.6) is 11.8 Å². The minimum absolute atomic E-state index is 0.0547. The van der Waals surface area contributed by atoms with Gasteiger partial charge in [-0.1, -0.05) is 62.8 Å². The second kappa shape index (κ2) is 30.9. The van der Waals surface area contributed by atoms with Crippen LogP contribution in [0.2, 0.25) is 0 Å². The molecule has 3 aliphatic rings. The van der Waals surface area contributed by atoms with E-state index in [1.54, 1.807) is 20.3 Å². The van der Waals surface area contributed by atoms with Crippen molar-refractivity contribution in [2.24, 2.45) is 0 Å². The number of fused-ring (bicyclic) bond motifs is 2. The lowest BCUT2D eigenvalue weighted by Gasteiger charge is -2.27. The van der Waals surface area contributed by atoms with Gasteiger partial charge in [-0.25, -0.2) is 9.37 Å². The van der Waals surface area contributed by atoms with Crippen molar-refractivity contribution in [3.05, 3.63) is 119 Å². The number of nitrogens with zero attached hydrogens (tertiary/aromatic N) is 3. The number of hydrogen-bond acceptors (Lipinski definition) is 16. The Labute approximate surface area is 451 Å². The number of aromatic nitrogens is 1. The molecule has 3 N–H and O–H groups in total. The Morgan fingerprint density at radius 1 is 0.701 bits per heavy atom. The summed E-state index contributed by atoms with van der Waals surface area (Å²) in [5.41, 5.74) is 5.45. The first kappa shape index (κ1) is 60.3. The topological polar surface area (TPSA) is 219 Å². The van der Waals surface area contributed by atoms with E-state index in [4.69, 9.17) is 47.1 Å². The van der Waals surface area contributed by atoms with Gasteiger partial charge in [-0.3, -0.25) is 4.55 Å². The largest absolute Gasteiger partial charge is 0.492 e. The fraction of sp³-hybridized carbons (Fsp3) is 0.474. The molecule has 0 saturated carbocycles. The van der Waals surface area contributed by atoms with Crippen molar-refractivity contribution < 1.29 is 75.1 Å². The van der Waals surface area contributed by atoms with Crippen LogP contribution in [0, 0.1) is 6.92 Å². The van der Waals surface area contributed by atoms with Crippen molar-refractivity contribution in [2.45, 2.75) is 56.8 Å². The molecular weight excluding hydrogens is 1010 g/mol. The molecule has 0 atom stereocenters. The Morgan fingerprint density at radius 3 is 1.84 bits per heavy atom. The molecule has 19 nitrogen and oxygen atoms in total. The lowest BCUT2D eigenvalue weighted by atomic mass is 9.83. The SMILES string of the molecule is COCCOCCOCCOCC[N+](CCOCCOCCOCCOC)=c1ccc2c(C=CC=C3N(CCCCCC(=O)On4c(O)ccc4O)c4ccc(S(=O)(=O)O)cc4C3(C)C)c(C)c(-c3ccccc3)oc-2c1.